The smallest absolute Gasteiger partial charge is 0.234 e. The Labute approximate surface area is 155 Å². The van der Waals surface area contributed by atoms with Crippen molar-refractivity contribution in [2.24, 2.45) is 0 Å². The molecule has 0 fully saturated rings. The molecular weight excluding hydrogens is 357 g/mol. The molecule has 0 saturated heterocycles. The average Bonchev–Trinajstić information content (AvgIpc) is 2.89. The van der Waals surface area contributed by atoms with Crippen LogP contribution in [0.1, 0.15) is 37.6 Å². The first-order valence-corrected chi connectivity index (χ1v) is 10.1. The Morgan fingerprint density at radius 1 is 1.36 bits per heavy atom. The number of rotatable bonds is 5. The number of aromatic nitrogens is 2. The van der Waals surface area contributed by atoms with Gasteiger partial charge >= 0.3 is 0 Å². The summed E-state index contributed by atoms with van der Waals surface area (Å²) in [4.78, 5) is 21.3. The monoisotopic (exact) mass is 377 g/mol. The third-order valence-electron chi connectivity index (χ3n) is 4.15. The number of carbonyl (C=O) groups excluding carboxylic acids is 1. The van der Waals surface area contributed by atoms with Crippen LogP contribution in [0.4, 0.5) is 10.1 Å². The van der Waals surface area contributed by atoms with Crippen molar-refractivity contribution in [2.75, 3.05) is 11.1 Å². The molecule has 2 aromatic rings. The maximum atomic E-state index is 13.6. The van der Waals surface area contributed by atoms with Crippen LogP contribution in [-0.2, 0) is 4.79 Å². The third kappa shape index (κ3) is 3.98. The minimum atomic E-state index is -0.434. The Balaban J connectivity index is 1.74. The largest absolute Gasteiger partial charge is 0.323 e. The van der Waals surface area contributed by atoms with Crippen LogP contribution < -0.4 is 5.32 Å². The van der Waals surface area contributed by atoms with Crippen molar-refractivity contribution in [1.82, 2.24) is 9.97 Å². The lowest BCUT2D eigenvalue weighted by atomic mass is 9.96. The normalized spacial score (nSPS) is 18.9. The fourth-order valence-corrected chi connectivity index (χ4v) is 5.37. The van der Waals surface area contributed by atoms with Crippen molar-refractivity contribution in [2.45, 2.75) is 48.4 Å². The molecule has 1 amide bonds. The van der Waals surface area contributed by atoms with E-state index in [1.54, 1.807) is 30.0 Å². The molecule has 1 aromatic carbocycles. The Morgan fingerprint density at radius 2 is 2.12 bits per heavy atom. The fraction of sp³-hybridized carbons (Fsp3) is 0.389. The van der Waals surface area contributed by atoms with E-state index in [-0.39, 0.29) is 17.3 Å². The number of carbonyl (C=O) groups is 1. The lowest BCUT2D eigenvalue weighted by molar-refractivity contribution is -0.113. The van der Waals surface area contributed by atoms with Gasteiger partial charge in [0.1, 0.15) is 21.7 Å². The van der Waals surface area contributed by atoms with Gasteiger partial charge in [-0.15, -0.1) is 11.8 Å². The summed E-state index contributed by atoms with van der Waals surface area (Å²) in [5.74, 6) is 0.625. The van der Waals surface area contributed by atoms with Crippen LogP contribution in [0.25, 0.3) is 0 Å². The van der Waals surface area contributed by atoms with Crippen LogP contribution in [0.15, 0.2) is 34.3 Å². The topological polar surface area (TPSA) is 54.9 Å². The maximum Gasteiger partial charge on any atom is 0.234 e. The second-order valence-corrected chi connectivity index (χ2v) is 8.28. The molecule has 2 heterocycles. The molecular formula is C18H20FN3OS2. The summed E-state index contributed by atoms with van der Waals surface area (Å²) in [5.41, 5.74) is 1.36. The molecule has 0 spiro atoms. The lowest BCUT2D eigenvalue weighted by Crippen LogP contribution is -2.15. The molecule has 1 aromatic heterocycles. The van der Waals surface area contributed by atoms with Gasteiger partial charge in [0.15, 0.2) is 0 Å². The predicted molar refractivity (Wildman–Crippen MR) is 101 cm³/mol. The van der Waals surface area contributed by atoms with E-state index >= 15 is 0 Å². The van der Waals surface area contributed by atoms with Crippen LogP contribution in [0.3, 0.4) is 0 Å². The fourth-order valence-electron chi connectivity index (χ4n) is 2.96. The molecule has 0 saturated carbocycles. The number of para-hydroxylation sites is 1. The van der Waals surface area contributed by atoms with Gasteiger partial charge in [0, 0.05) is 16.7 Å². The molecule has 132 valence electrons. The molecule has 0 unspecified atom stereocenters. The zero-order valence-corrected chi connectivity index (χ0v) is 16.0. The Hall–Kier alpha value is -1.60. The van der Waals surface area contributed by atoms with Crippen molar-refractivity contribution in [3.05, 3.63) is 41.5 Å². The SMILES string of the molecule is CC[C@@H]1c2c(SCC(=O)Nc3ccccc3F)nc(C)nc2S[C@@H]1C. The molecule has 1 aliphatic rings. The van der Waals surface area contributed by atoms with E-state index in [4.69, 9.17) is 0 Å². The highest BCUT2D eigenvalue weighted by Crippen LogP contribution is 2.48. The Morgan fingerprint density at radius 3 is 2.84 bits per heavy atom. The summed E-state index contributed by atoms with van der Waals surface area (Å²) >= 11 is 3.17. The second-order valence-electron chi connectivity index (χ2n) is 5.95. The van der Waals surface area contributed by atoms with Gasteiger partial charge < -0.3 is 5.32 Å². The van der Waals surface area contributed by atoms with Gasteiger partial charge in [0.2, 0.25) is 5.91 Å². The van der Waals surface area contributed by atoms with E-state index in [9.17, 15) is 9.18 Å². The van der Waals surface area contributed by atoms with E-state index in [1.165, 1.54) is 17.8 Å². The average molecular weight is 378 g/mol. The molecule has 0 bridgehead atoms. The summed E-state index contributed by atoms with van der Waals surface area (Å²) in [5, 5.41) is 4.98. The molecule has 0 radical (unpaired) electrons. The number of nitrogens with one attached hydrogen (secondary N) is 1. The van der Waals surface area contributed by atoms with Crippen LogP contribution in [0.2, 0.25) is 0 Å². The van der Waals surface area contributed by atoms with Crippen LogP contribution in [-0.4, -0.2) is 26.9 Å². The van der Waals surface area contributed by atoms with Gasteiger partial charge in [-0.2, -0.15) is 0 Å². The number of benzene rings is 1. The number of hydrogen-bond donors (Lipinski definition) is 1. The van der Waals surface area contributed by atoms with E-state index in [0.717, 1.165) is 22.0 Å². The highest BCUT2D eigenvalue weighted by atomic mass is 32.2. The summed E-state index contributed by atoms with van der Waals surface area (Å²) in [6.07, 6.45) is 1.02. The molecule has 25 heavy (non-hydrogen) atoms. The third-order valence-corrected chi connectivity index (χ3v) is 6.38. The maximum absolute atomic E-state index is 13.6. The standard InChI is InChI=1S/C18H20FN3OS2/c1-4-12-10(2)25-18-16(12)17(20-11(3)21-18)24-9-15(23)22-14-8-6-5-7-13(14)19/h5-8,10,12H,4,9H2,1-3H3,(H,22,23)/t10-,12+/m1/s1. The van der Waals surface area contributed by atoms with Crippen molar-refractivity contribution in [3.8, 4) is 0 Å². The molecule has 7 heteroatoms. The van der Waals surface area contributed by atoms with Crippen LogP contribution >= 0.6 is 23.5 Å². The summed E-state index contributed by atoms with van der Waals surface area (Å²) in [6, 6.07) is 6.16. The Bertz CT molecular complexity index is 800. The minimum Gasteiger partial charge on any atom is -0.323 e. The highest BCUT2D eigenvalue weighted by molar-refractivity contribution is 8.01. The first kappa shape index (κ1) is 18.2. The highest BCUT2D eigenvalue weighted by Gasteiger charge is 2.33. The number of hydrogen-bond acceptors (Lipinski definition) is 5. The first-order valence-electron chi connectivity index (χ1n) is 8.22. The Kier molecular flexibility index (Phi) is 5.64. The van der Waals surface area contributed by atoms with E-state index in [2.05, 4.69) is 29.1 Å². The molecule has 2 atom stereocenters. The van der Waals surface area contributed by atoms with Crippen molar-refractivity contribution in [1.29, 1.82) is 0 Å². The number of thioether (sulfide) groups is 2. The van der Waals surface area contributed by atoms with Crippen molar-refractivity contribution < 1.29 is 9.18 Å². The van der Waals surface area contributed by atoms with Crippen LogP contribution in [0, 0.1) is 12.7 Å². The molecule has 3 rings (SSSR count). The van der Waals surface area contributed by atoms with E-state index < -0.39 is 5.82 Å². The van der Waals surface area contributed by atoms with Crippen LogP contribution in [0.5, 0.6) is 0 Å². The number of fused-ring (bicyclic) bond motifs is 1. The van der Waals surface area contributed by atoms with Crippen molar-refractivity contribution >= 4 is 35.1 Å². The van der Waals surface area contributed by atoms with Crippen molar-refractivity contribution in [3.63, 3.8) is 0 Å². The number of nitrogens with zero attached hydrogens (tertiary/aromatic N) is 2. The van der Waals surface area contributed by atoms with Gasteiger partial charge in [-0.25, -0.2) is 14.4 Å². The zero-order valence-electron chi connectivity index (χ0n) is 14.4. The van der Waals surface area contributed by atoms with Gasteiger partial charge in [-0.1, -0.05) is 37.7 Å². The minimum absolute atomic E-state index is 0.187. The quantitative estimate of drug-likeness (QED) is 0.607. The molecule has 0 aliphatic carbocycles. The van der Waals surface area contributed by atoms with Gasteiger partial charge in [0.25, 0.3) is 0 Å². The number of anilines is 1. The predicted octanol–water partition coefficient (Wildman–Crippen LogP) is 4.64. The van der Waals surface area contributed by atoms with E-state index in [0.29, 0.717) is 17.0 Å². The molecule has 1 aliphatic heterocycles. The second kappa shape index (κ2) is 7.74. The van der Waals surface area contributed by atoms with Gasteiger partial charge in [0.05, 0.1) is 11.4 Å². The summed E-state index contributed by atoms with van der Waals surface area (Å²) < 4.78 is 13.6. The number of aryl methyl sites for hydroxylation is 1. The molecule has 4 nitrogen and oxygen atoms in total. The number of halogens is 1. The summed E-state index contributed by atoms with van der Waals surface area (Å²) in [7, 11) is 0. The zero-order chi connectivity index (χ0) is 18.0. The lowest BCUT2D eigenvalue weighted by Gasteiger charge is -2.15. The number of amides is 1. The van der Waals surface area contributed by atoms with E-state index in [1.807, 2.05) is 6.92 Å². The van der Waals surface area contributed by atoms with Gasteiger partial charge in [-0.3, -0.25) is 4.79 Å². The van der Waals surface area contributed by atoms with Gasteiger partial charge in [-0.05, 0) is 25.5 Å². The summed E-state index contributed by atoms with van der Waals surface area (Å²) in [6.45, 7) is 6.24. The molecule has 1 N–H and O–H groups in total. The first-order chi connectivity index (χ1) is 12.0.